The number of anilines is 1. The van der Waals surface area contributed by atoms with Gasteiger partial charge < -0.3 is 14.8 Å². The summed E-state index contributed by atoms with van der Waals surface area (Å²) >= 11 is 6.15. The van der Waals surface area contributed by atoms with Gasteiger partial charge in [-0.2, -0.15) is 0 Å². The van der Waals surface area contributed by atoms with E-state index in [9.17, 15) is 0 Å². The van der Waals surface area contributed by atoms with Crippen LogP contribution in [0, 0.1) is 0 Å². The molecule has 21 heavy (non-hydrogen) atoms. The van der Waals surface area contributed by atoms with Crippen LogP contribution in [0.1, 0.15) is 19.0 Å². The Labute approximate surface area is 130 Å². The highest BCUT2D eigenvalue weighted by Crippen LogP contribution is 2.21. The monoisotopic (exact) mass is 306 g/mol. The third kappa shape index (κ3) is 4.53. The van der Waals surface area contributed by atoms with Gasteiger partial charge in [0.1, 0.15) is 23.9 Å². The summed E-state index contributed by atoms with van der Waals surface area (Å²) in [5, 5.41) is 3.84. The van der Waals surface area contributed by atoms with Crippen LogP contribution in [0.4, 0.5) is 5.82 Å². The van der Waals surface area contributed by atoms with Crippen molar-refractivity contribution in [3.8, 4) is 11.5 Å². The Morgan fingerprint density at radius 1 is 1.10 bits per heavy atom. The van der Waals surface area contributed by atoms with E-state index in [0.29, 0.717) is 17.3 Å². The molecule has 1 aromatic carbocycles. The van der Waals surface area contributed by atoms with Gasteiger partial charge in [-0.15, -0.1) is 0 Å². The van der Waals surface area contributed by atoms with E-state index < -0.39 is 0 Å². The van der Waals surface area contributed by atoms with Crippen molar-refractivity contribution in [1.82, 2.24) is 4.98 Å². The van der Waals surface area contributed by atoms with E-state index in [1.54, 1.807) is 7.11 Å². The van der Waals surface area contributed by atoms with Crippen molar-refractivity contribution in [2.24, 2.45) is 0 Å². The van der Waals surface area contributed by atoms with E-state index in [1.807, 2.05) is 36.4 Å². The Morgan fingerprint density at radius 2 is 1.81 bits per heavy atom. The SMILES string of the molecule is CCCNc1ccc(Cl)c(COc2ccc(OC)cc2)n1. The molecule has 112 valence electrons. The van der Waals surface area contributed by atoms with Crippen LogP contribution in [-0.2, 0) is 6.61 Å². The third-order valence-electron chi connectivity index (χ3n) is 2.91. The molecule has 0 aliphatic carbocycles. The molecule has 4 nitrogen and oxygen atoms in total. The molecule has 0 saturated heterocycles. The molecule has 2 aromatic rings. The zero-order valence-corrected chi connectivity index (χ0v) is 13.0. The second-order valence-electron chi connectivity index (χ2n) is 4.52. The molecule has 0 spiro atoms. The summed E-state index contributed by atoms with van der Waals surface area (Å²) in [5.74, 6) is 2.36. The smallest absolute Gasteiger partial charge is 0.132 e. The maximum absolute atomic E-state index is 6.15. The number of benzene rings is 1. The maximum Gasteiger partial charge on any atom is 0.132 e. The van der Waals surface area contributed by atoms with Crippen LogP contribution in [0.2, 0.25) is 5.02 Å². The normalized spacial score (nSPS) is 10.2. The minimum Gasteiger partial charge on any atom is -0.497 e. The highest BCUT2D eigenvalue weighted by atomic mass is 35.5. The summed E-state index contributed by atoms with van der Waals surface area (Å²) in [6.45, 7) is 3.32. The summed E-state index contributed by atoms with van der Waals surface area (Å²) in [6.07, 6.45) is 1.04. The summed E-state index contributed by atoms with van der Waals surface area (Å²) in [4.78, 5) is 4.47. The molecule has 0 atom stereocenters. The molecule has 0 radical (unpaired) electrons. The van der Waals surface area contributed by atoms with Gasteiger partial charge in [0.2, 0.25) is 0 Å². The topological polar surface area (TPSA) is 43.4 Å². The standard InChI is InChI=1S/C16H19ClN2O2/c1-3-10-18-16-9-8-14(17)15(19-16)11-21-13-6-4-12(20-2)5-7-13/h4-9H,3,10-11H2,1-2H3,(H,18,19). The molecule has 1 aromatic heterocycles. The lowest BCUT2D eigenvalue weighted by molar-refractivity contribution is 0.301. The number of ether oxygens (including phenoxy) is 2. The second-order valence-corrected chi connectivity index (χ2v) is 4.92. The summed E-state index contributed by atoms with van der Waals surface area (Å²) in [7, 11) is 1.63. The molecule has 5 heteroatoms. The number of pyridine rings is 1. The van der Waals surface area contributed by atoms with Gasteiger partial charge in [-0.1, -0.05) is 18.5 Å². The Bertz CT molecular complexity index is 573. The minimum atomic E-state index is 0.326. The third-order valence-corrected chi connectivity index (χ3v) is 3.25. The van der Waals surface area contributed by atoms with Gasteiger partial charge in [-0.3, -0.25) is 0 Å². The van der Waals surface area contributed by atoms with Crippen molar-refractivity contribution >= 4 is 17.4 Å². The van der Waals surface area contributed by atoms with E-state index in [2.05, 4.69) is 17.2 Å². The molecule has 2 rings (SSSR count). The number of methoxy groups -OCH3 is 1. The average Bonchev–Trinajstić information content (AvgIpc) is 2.53. The van der Waals surface area contributed by atoms with Crippen molar-refractivity contribution in [2.45, 2.75) is 20.0 Å². The van der Waals surface area contributed by atoms with Gasteiger partial charge in [0.25, 0.3) is 0 Å². The summed E-state index contributed by atoms with van der Waals surface area (Å²) < 4.78 is 10.8. The Hall–Kier alpha value is -1.94. The van der Waals surface area contributed by atoms with Gasteiger partial charge in [0, 0.05) is 6.54 Å². The number of halogens is 1. The number of hydrogen-bond donors (Lipinski definition) is 1. The molecular weight excluding hydrogens is 288 g/mol. The number of rotatable bonds is 7. The van der Waals surface area contributed by atoms with Crippen LogP contribution in [0.5, 0.6) is 11.5 Å². The first kappa shape index (κ1) is 15.4. The van der Waals surface area contributed by atoms with Crippen LogP contribution < -0.4 is 14.8 Å². The molecule has 0 aliphatic heterocycles. The van der Waals surface area contributed by atoms with Gasteiger partial charge in [0.05, 0.1) is 17.8 Å². The molecule has 1 heterocycles. The highest BCUT2D eigenvalue weighted by molar-refractivity contribution is 6.31. The van der Waals surface area contributed by atoms with Crippen LogP contribution in [0.25, 0.3) is 0 Å². The predicted molar refractivity (Wildman–Crippen MR) is 85.4 cm³/mol. The van der Waals surface area contributed by atoms with Crippen LogP contribution in [0.3, 0.4) is 0 Å². The fraction of sp³-hybridized carbons (Fsp3) is 0.312. The van der Waals surface area contributed by atoms with E-state index in [4.69, 9.17) is 21.1 Å². The quantitative estimate of drug-likeness (QED) is 0.834. The number of nitrogens with zero attached hydrogens (tertiary/aromatic N) is 1. The minimum absolute atomic E-state index is 0.326. The van der Waals surface area contributed by atoms with E-state index in [0.717, 1.165) is 30.3 Å². The lowest BCUT2D eigenvalue weighted by Crippen LogP contribution is -2.05. The average molecular weight is 307 g/mol. The highest BCUT2D eigenvalue weighted by Gasteiger charge is 2.05. The van der Waals surface area contributed by atoms with Gasteiger partial charge >= 0.3 is 0 Å². The Morgan fingerprint density at radius 3 is 2.48 bits per heavy atom. The zero-order valence-electron chi connectivity index (χ0n) is 12.2. The van der Waals surface area contributed by atoms with Crippen LogP contribution in [0.15, 0.2) is 36.4 Å². The Kier molecular flexibility index (Phi) is 5.69. The summed E-state index contributed by atoms with van der Waals surface area (Å²) in [6, 6.07) is 11.1. The predicted octanol–water partition coefficient (Wildman–Crippen LogP) is 4.14. The van der Waals surface area contributed by atoms with Crippen molar-refractivity contribution in [1.29, 1.82) is 0 Å². The first-order valence-corrected chi connectivity index (χ1v) is 7.27. The van der Waals surface area contributed by atoms with Crippen molar-refractivity contribution in [2.75, 3.05) is 19.0 Å². The second kappa shape index (κ2) is 7.74. The summed E-state index contributed by atoms with van der Waals surface area (Å²) in [5.41, 5.74) is 0.716. The van der Waals surface area contributed by atoms with E-state index >= 15 is 0 Å². The number of aromatic nitrogens is 1. The fourth-order valence-corrected chi connectivity index (χ4v) is 1.92. The molecule has 0 aliphatic rings. The fourth-order valence-electron chi connectivity index (χ4n) is 1.76. The van der Waals surface area contributed by atoms with Crippen molar-refractivity contribution in [3.63, 3.8) is 0 Å². The van der Waals surface area contributed by atoms with Crippen molar-refractivity contribution < 1.29 is 9.47 Å². The van der Waals surface area contributed by atoms with Gasteiger partial charge in [-0.25, -0.2) is 4.98 Å². The molecular formula is C16H19ClN2O2. The molecule has 0 saturated carbocycles. The van der Waals surface area contributed by atoms with Gasteiger partial charge in [0.15, 0.2) is 0 Å². The lowest BCUT2D eigenvalue weighted by Gasteiger charge is -2.10. The van der Waals surface area contributed by atoms with Gasteiger partial charge in [-0.05, 0) is 42.8 Å². The number of hydrogen-bond acceptors (Lipinski definition) is 4. The van der Waals surface area contributed by atoms with E-state index in [1.165, 1.54) is 0 Å². The Balaban J connectivity index is 2.00. The first-order valence-electron chi connectivity index (χ1n) is 6.89. The maximum atomic E-state index is 6.15. The number of nitrogens with one attached hydrogen (secondary N) is 1. The molecule has 0 bridgehead atoms. The molecule has 1 N–H and O–H groups in total. The van der Waals surface area contributed by atoms with Crippen LogP contribution >= 0.6 is 11.6 Å². The van der Waals surface area contributed by atoms with E-state index in [-0.39, 0.29) is 0 Å². The zero-order chi connectivity index (χ0) is 15.1. The van der Waals surface area contributed by atoms with Crippen LogP contribution in [-0.4, -0.2) is 18.6 Å². The molecule has 0 amide bonds. The lowest BCUT2D eigenvalue weighted by atomic mass is 10.3. The first-order chi connectivity index (χ1) is 10.2. The molecule has 0 unspecified atom stereocenters. The van der Waals surface area contributed by atoms with Crippen molar-refractivity contribution in [3.05, 3.63) is 47.1 Å². The largest absolute Gasteiger partial charge is 0.497 e. The molecule has 0 fully saturated rings.